The van der Waals surface area contributed by atoms with E-state index in [1.54, 1.807) is 0 Å². The molecule has 34 heavy (non-hydrogen) atoms. The Balaban J connectivity index is 1.56. The molecule has 0 saturated carbocycles. The van der Waals surface area contributed by atoms with Gasteiger partial charge in [-0.25, -0.2) is 14.4 Å². The first-order chi connectivity index (χ1) is 16.2. The third kappa shape index (κ3) is 4.60. The van der Waals surface area contributed by atoms with Gasteiger partial charge in [-0.1, -0.05) is 17.7 Å². The Morgan fingerprint density at radius 2 is 1.82 bits per heavy atom. The zero-order chi connectivity index (χ0) is 24.5. The van der Waals surface area contributed by atoms with Crippen LogP contribution in [0.3, 0.4) is 0 Å². The molecular weight excluding hydrogens is 474 g/mol. The predicted molar refractivity (Wildman–Crippen MR) is 116 cm³/mol. The number of nitrogens with one attached hydrogen (secondary N) is 2. The lowest BCUT2D eigenvalue weighted by molar-refractivity contribution is -0.137. The number of nitriles is 1. The average Bonchev–Trinajstić information content (AvgIpc) is 3.23. The standard InChI is InChI=1S/C23H12ClF4N5O/c24-15-2-1-3-16(25)19(15)21-31-17(10-29)20(33-21)13-6-9-18(30-11-13)32-22(34)12-4-7-14(8-5-12)23(26,27)28/h1-9,11H,(H,31,33)(H,30,32,34). The van der Waals surface area contributed by atoms with Crippen LogP contribution in [-0.4, -0.2) is 20.9 Å². The molecule has 0 radical (unpaired) electrons. The summed E-state index contributed by atoms with van der Waals surface area (Å²) in [5, 5.41) is 12.0. The minimum Gasteiger partial charge on any atom is -0.337 e. The molecule has 11 heteroatoms. The summed E-state index contributed by atoms with van der Waals surface area (Å²) in [5.41, 5.74) is -0.153. The molecule has 0 aliphatic heterocycles. The van der Waals surface area contributed by atoms with Gasteiger partial charge in [-0.3, -0.25) is 4.79 Å². The number of pyridine rings is 1. The van der Waals surface area contributed by atoms with Gasteiger partial charge in [-0.05, 0) is 48.5 Å². The van der Waals surface area contributed by atoms with E-state index < -0.39 is 23.5 Å². The minimum absolute atomic E-state index is 0.0142. The summed E-state index contributed by atoms with van der Waals surface area (Å²) >= 11 is 6.07. The van der Waals surface area contributed by atoms with Gasteiger partial charge >= 0.3 is 6.18 Å². The first-order valence-corrected chi connectivity index (χ1v) is 9.94. The maximum Gasteiger partial charge on any atom is 0.416 e. The van der Waals surface area contributed by atoms with Gasteiger partial charge in [0.05, 0.1) is 21.8 Å². The highest BCUT2D eigenvalue weighted by atomic mass is 35.5. The van der Waals surface area contributed by atoms with E-state index in [1.807, 2.05) is 6.07 Å². The lowest BCUT2D eigenvalue weighted by Crippen LogP contribution is -2.13. The van der Waals surface area contributed by atoms with Gasteiger partial charge in [-0.2, -0.15) is 18.4 Å². The summed E-state index contributed by atoms with van der Waals surface area (Å²) in [7, 11) is 0. The molecule has 0 bridgehead atoms. The van der Waals surface area contributed by atoms with Crippen molar-refractivity contribution in [3.8, 4) is 28.7 Å². The molecule has 0 saturated heterocycles. The number of alkyl halides is 3. The molecule has 0 spiro atoms. The second kappa shape index (κ2) is 8.96. The van der Waals surface area contributed by atoms with Crippen molar-refractivity contribution >= 4 is 23.3 Å². The Hall–Kier alpha value is -4.23. The Morgan fingerprint density at radius 1 is 1.09 bits per heavy atom. The highest BCUT2D eigenvalue weighted by molar-refractivity contribution is 6.33. The van der Waals surface area contributed by atoms with Crippen molar-refractivity contribution in [3.05, 3.63) is 88.5 Å². The number of H-pyrrole nitrogens is 1. The maximum atomic E-state index is 14.2. The summed E-state index contributed by atoms with van der Waals surface area (Å²) in [6.45, 7) is 0. The van der Waals surface area contributed by atoms with Crippen LogP contribution >= 0.6 is 11.6 Å². The lowest BCUT2D eigenvalue weighted by Gasteiger charge is -2.08. The number of aromatic amines is 1. The zero-order valence-electron chi connectivity index (χ0n) is 16.9. The molecule has 1 amide bonds. The van der Waals surface area contributed by atoms with Crippen molar-refractivity contribution < 1.29 is 22.4 Å². The van der Waals surface area contributed by atoms with Crippen LogP contribution in [0.5, 0.6) is 0 Å². The number of nitrogens with zero attached hydrogens (tertiary/aromatic N) is 3. The van der Waals surface area contributed by atoms with Gasteiger partial charge in [0.15, 0.2) is 5.69 Å². The van der Waals surface area contributed by atoms with Crippen LogP contribution in [-0.2, 0) is 6.18 Å². The number of imidazole rings is 1. The van der Waals surface area contributed by atoms with Crippen molar-refractivity contribution in [2.75, 3.05) is 5.32 Å². The number of benzene rings is 2. The number of anilines is 1. The molecule has 2 N–H and O–H groups in total. The Kier molecular flexibility index (Phi) is 6.04. The predicted octanol–water partition coefficient (Wildman–Crippen LogP) is 6.07. The van der Waals surface area contributed by atoms with Crippen LogP contribution in [0.2, 0.25) is 5.02 Å². The van der Waals surface area contributed by atoms with E-state index >= 15 is 0 Å². The summed E-state index contributed by atoms with van der Waals surface area (Å²) in [4.78, 5) is 23.4. The van der Waals surface area contributed by atoms with Crippen LogP contribution in [0, 0.1) is 17.1 Å². The smallest absolute Gasteiger partial charge is 0.337 e. The monoisotopic (exact) mass is 485 g/mol. The number of amides is 1. The molecule has 2 aromatic carbocycles. The maximum absolute atomic E-state index is 14.2. The fraction of sp³-hybridized carbons (Fsp3) is 0.0435. The number of hydrogen-bond donors (Lipinski definition) is 2. The van der Waals surface area contributed by atoms with E-state index in [9.17, 15) is 27.6 Å². The lowest BCUT2D eigenvalue weighted by atomic mass is 10.1. The van der Waals surface area contributed by atoms with Crippen LogP contribution in [0.4, 0.5) is 23.4 Å². The number of aromatic nitrogens is 3. The normalized spacial score (nSPS) is 11.2. The molecule has 0 atom stereocenters. The third-order valence-electron chi connectivity index (χ3n) is 4.78. The Morgan fingerprint density at radius 3 is 2.41 bits per heavy atom. The van der Waals surface area contributed by atoms with E-state index in [1.165, 1.54) is 36.5 Å². The quantitative estimate of drug-likeness (QED) is 0.343. The summed E-state index contributed by atoms with van der Waals surface area (Å²) in [5.74, 6) is -1.07. The topological polar surface area (TPSA) is 94.5 Å². The molecule has 0 aliphatic rings. The van der Waals surface area contributed by atoms with E-state index in [2.05, 4.69) is 20.3 Å². The highest BCUT2D eigenvalue weighted by Gasteiger charge is 2.30. The van der Waals surface area contributed by atoms with Crippen molar-refractivity contribution in [2.45, 2.75) is 6.18 Å². The van der Waals surface area contributed by atoms with Crippen LogP contribution in [0.25, 0.3) is 22.6 Å². The highest BCUT2D eigenvalue weighted by Crippen LogP contribution is 2.32. The largest absolute Gasteiger partial charge is 0.416 e. The minimum atomic E-state index is -4.50. The summed E-state index contributed by atoms with van der Waals surface area (Å²) < 4.78 is 52.3. The summed E-state index contributed by atoms with van der Waals surface area (Å²) in [6, 6.07) is 12.8. The number of carbonyl (C=O) groups excluding carboxylic acids is 1. The first-order valence-electron chi connectivity index (χ1n) is 9.57. The van der Waals surface area contributed by atoms with Crippen LogP contribution < -0.4 is 5.32 Å². The van der Waals surface area contributed by atoms with Crippen molar-refractivity contribution in [3.63, 3.8) is 0 Å². The molecule has 2 aromatic heterocycles. The number of hydrogen-bond acceptors (Lipinski definition) is 4. The molecule has 2 heterocycles. The molecule has 0 fully saturated rings. The fourth-order valence-corrected chi connectivity index (χ4v) is 3.37. The number of halogens is 5. The molecule has 4 aromatic rings. The molecule has 0 unspecified atom stereocenters. The van der Waals surface area contributed by atoms with Crippen molar-refractivity contribution in [2.24, 2.45) is 0 Å². The van der Waals surface area contributed by atoms with Gasteiger partial charge in [0.25, 0.3) is 5.91 Å². The Labute approximate surface area is 194 Å². The van der Waals surface area contributed by atoms with Gasteiger partial charge in [0.2, 0.25) is 0 Å². The van der Waals surface area contributed by atoms with E-state index in [-0.39, 0.29) is 39.2 Å². The molecule has 170 valence electrons. The molecule has 6 nitrogen and oxygen atoms in total. The SMILES string of the molecule is N#Cc1nc(-c2c(F)cccc2Cl)[nH]c1-c1ccc(NC(=O)c2ccc(C(F)(F)F)cc2)nc1. The first kappa shape index (κ1) is 22.9. The number of carbonyl (C=O) groups is 1. The Bertz CT molecular complexity index is 1390. The van der Waals surface area contributed by atoms with Gasteiger partial charge in [0, 0.05) is 17.3 Å². The van der Waals surface area contributed by atoms with E-state index in [0.29, 0.717) is 5.56 Å². The summed E-state index contributed by atoms with van der Waals surface area (Å²) in [6.07, 6.45) is -3.15. The third-order valence-corrected chi connectivity index (χ3v) is 5.09. The zero-order valence-corrected chi connectivity index (χ0v) is 17.7. The van der Waals surface area contributed by atoms with E-state index in [4.69, 9.17) is 11.6 Å². The molecule has 0 aliphatic carbocycles. The molecule has 4 rings (SSSR count). The van der Waals surface area contributed by atoms with Crippen LogP contribution in [0.15, 0.2) is 60.8 Å². The van der Waals surface area contributed by atoms with Crippen molar-refractivity contribution in [1.82, 2.24) is 15.0 Å². The second-order valence-electron chi connectivity index (χ2n) is 6.98. The number of rotatable bonds is 4. The van der Waals surface area contributed by atoms with Crippen molar-refractivity contribution in [1.29, 1.82) is 5.26 Å². The second-order valence-corrected chi connectivity index (χ2v) is 7.39. The van der Waals surface area contributed by atoms with E-state index in [0.717, 1.165) is 24.3 Å². The van der Waals surface area contributed by atoms with Gasteiger partial charge in [-0.15, -0.1) is 0 Å². The van der Waals surface area contributed by atoms with Gasteiger partial charge < -0.3 is 10.3 Å². The van der Waals surface area contributed by atoms with Gasteiger partial charge in [0.1, 0.15) is 23.5 Å². The average molecular weight is 486 g/mol. The van der Waals surface area contributed by atoms with Crippen LogP contribution in [0.1, 0.15) is 21.6 Å². The fourth-order valence-electron chi connectivity index (χ4n) is 3.12. The molecular formula is C23H12ClF4N5O.